The highest BCUT2D eigenvalue weighted by Crippen LogP contribution is 2.31. The van der Waals surface area contributed by atoms with Gasteiger partial charge in [-0.2, -0.15) is 0 Å². The van der Waals surface area contributed by atoms with Crippen LogP contribution in [0.15, 0.2) is 17.4 Å². The van der Waals surface area contributed by atoms with E-state index in [-0.39, 0.29) is 10.6 Å². The molecule has 0 aliphatic rings. The van der Waals surface area contributed by atoms with Gasteiger partial charge in [0.15, 0.2) is 0 Å². The second-order valence-electron chi connectivity index (χ2n) is 3.84. The smallest absolute Gasteiger partial charge is 0.144 e. The number of nitrogens with zero attached hydrogens (tertiary/aromatic N) is 2. The van der Waals surface area contributed by atoms with Gasteiger partial charge in [0, 0.05) is 17.1 Å². The van der Waals surface area contributed by atoms with Crippen molar-refractivity contribution in [3.8, 4) is 0 Å². The summed E-state index contributed by atoms with van der Waals surface area (Å²) >= 11 is 1.56. The highest BCUT2D eigenvalue weighted by Gasteiger charge is 2.17. The van der Waals surface area contributed by atoms with Gasteiger partial charge < -0.3 is 5.73 Å². The van der Waals surface area contributed by atoms with E-state index < -0.39 is 0 Å². The van der Waals surface area contributed by atoms with Gasteiger partial charge in [0.1, 0.15) is 16.6 Å². The average Bonchev–Trinajstić information content (AvgIpc) is 2.01. The molecule has 1 aromatic rings. The maximum Gasteiger partial charge on any atom is 0.144 e. The fourth-order valence-corrected chi connectivity index (χ4v) is 1.83. The Morgan fingerprint density at radius 3 is 2.43 bits per heavy atom. The normalized spacial score (nSPS) is 11.4. The van der Waals surface area contributed by atoms with E-state index in [1.165, 1.54) is 0 Å². The van der Waals surface area contributed by atoms with Crippen molar-refractivity contribution in [3.05, 3.63) is 18.1 Å². The highest BCUT2D eigenvalue weighted by molar-refractivity contribution is 8.00. The summed E-state index contributed by atoms with van der Waals surface area (Å²) in [5, 5.41) is 8.06. The molecule has 1 aromatic heterocycles. The summed E-state index contributed by atoms with van der Waals surface area (Å²) in [7, 11) is 0. The molecule has 3 N–H and O–H groups in total. The number of hydrogen-bond acceptors (Lipinski definition) is 4. The molecular weight excluding hydrogens is 196 g/mol. The second-order valence-corrected chi connectivity index (χ2v) is 5.65. The van der Waals surface area contributed by atoms with Crippen molar-refractivity contribution in [2.45, 2.75) is 30.5 Å². The predicted octanol–water partition coefficient (Wildman–Crippen LogP) is 1.65. The van der Waals surface area contributed by atoms with Crippen molar-refractivity contribution in [2.75, 3.05) is 0 Å². The lowest BCUT2D eigenvalue weighted by Gasteiger charge is -2.17. The molecule has 0 aliphatic carbocycles. The quantitative estimate of drug-likeness (QED) is 0.442. The number of hydrogen-bond donors (Lipinski definition) is 2. The minimum Gasteiger partial charge on any atom is -0.382 e. The highest BCUT2D eigenvalue weighted by atomic mass is 32.2. The van der Waals surface area contributed by atoms with Gasteiger partial charge in [0.2, 0.25) is 0 Å². The average molecular weight is 210 g/mol. The Bertz CT molecular complexity index is 343. The molecule has 5 heteroatoms. The fraction of sp³-hybridized carbons (Fsp3) is 0.444. The predicted molar refractivity (Wildman–Crippen MR) is 58.7 cm³/mol. The number of thioether (sulfide) groups is 1. The van der Waals surface area contributed by atoms with E-state index in [0.29, 0.717) is 10.7 Å². The van der Waals surface area contributed by atoms with Gasteiger partial charge in [-0.1, -0.05) is 32.5 Å². The van der Waals surface area contributed by atoms with E-state index in [4.69, 9.17) is 11.1 Å². The first-order valence-corrected chi connectivity index (χ1v) is 5.06. The minimum atomic E-state index is -0.0372. The van der Waals surface area contributed by atoms with E-state index in [0.717, 1.165) is 0 Å². The molecule has 0 saturated carbocycles. The molecular formula is C9H14N4S. The van der Waals surface area contributed by atoms with Gasteiger partial charge in [-0.3, -0.25) is 5.41 Å². The first-order chi connectivity index (χ1) is 6.40. The van der Waals surface area contributed by atoms with Crippen molar-refractivity contribution in [1.82, 2.24) is 9.97 Å². The van der Waals surface area contributed by atoms with Crippen molar-refractivity contribution in [3.63, 3.8) is 0 Å². The maximum atomic E-state index is 7.35. The van der Waals surface area contributed by atoms with E-state index in [1.54, 1.807) is 24.2 Å². The van der Waals surface area contributed by atoms with E-state index in [1.807, 2.05) is 0 Å². The summed E-state index contributed by atoms with van der Waals surface area (Å²) < 4.78 is 0.0419. The summed E-state index contributed by atoms with van der Waals surface area (Å²) in [6.07, 6.45) is 3.16. The Kier molecular flexibility index (Phi) is 3.10. The number of nitrogen functional groups attached to an aromatic ring is 1. The lowest BCUT2D eigenvalue weighted by Crippen LogP contribution is -2.17. The molecule has 0 aliphatic heterocycles. The third-order valence-corrected chi connectivity index (χ3v) is 2.43. The Hall–Kier alpha value is -1.10. The molecule has 14 heavy (non-hydrogen) atoms. The van der Waals surface area contributed by atoms with Crippen LogP contribution >= 0.6 is 11.8 Å². The van der Waals surface area contributed by atoms with Crippen LogP contribution in [0.3, 0.4) is 0 Å². The van der Waals surface area contributed by atoms with Gasteiger partial charge in [0.05, 0.1) is 0 Å². The molecule has 1 rings (SSSR count). The number of nitrogens with two attached hydrogens (primary N) is 1. The minimum absolute atomic E-state index is 0.0372. The Labute approximate surface area is 87.8 Å². The third-order valence-electron chi connectivity index (χ3n) is 1.32. The molecule has 0 unspecified atom stereocenters. The van der Waals surface area contributed by atoms with Gasteiger partial charge in [-0.05, 0) is 0 Å². The molecule has 1 heterocycles. The molecule has 0 atom stereocenters. The zero-order valence-corrected chi connectivity index (χ0v) is 9.35. The van der Waals surface area contributed by atoms with Crippen LogP contribution < -0.4 is 5.73 Å². The lowest BCUT2D eigenvalue weighted by atomic mass is 10.3. The Morgan fingerprint density at radius 2 is 1.93 bits per heavy atom. The molecule has 0 bridgehead atoms. The Balaban J connectivity index is 3.02. The monoisotopic (exact) mass is 210 g/mol. The molecule has 4 nitrogen and oxygen atoms in total. The lowest BCUT2D eigenvalue weighted by molar-refractivity contribution is 0.797. The number of aromatic nitrogens is 2. The molecule has 0 amide bonds. The first-order valence-electron chi connectivity index (χ1n) is 4.24. The number of nitrogens with one attached hydrogen (secondary N) is 1. The van der Waals surface area contributed by atoms with Crippen LogP contribution in [0.25, 0.3) is 0 Å². The largest absolute Gasteiger partial charge is 0.382 e. The third kappa shape index (κ3) is 2.99. The van der Waals surface area contributed by atoms with E-state index in [9.17, 15) is 0 Å². The van der Waals surface area contributed by atoms with Crippen LogP contribution in [-0.4, -0.2) is 20.6 Å². The van der Waals surface area contributed by atoms with Crippen LogP contribution in [-0.2, 0) is 0 Å². The summed E-state index contributed by atoms with van der Waals surface area (Å²) in [5.74, 6) is -0.0372. The maximum absolute atomic E-state index is 7.35. The number of rotatable bonds is 2. The van der Waals surface area contributed by atoms with Gasteiger partial charge in [0.25, 0.3) is 0 Å². The van der Waals surface area contributed by atoms with Gasteiger partial charge in [-0.15, -0.1) is 0 Å². The first kappa shape index (κ1) is 11.0. The molecule has 0 radical (unpaired) electrons. The van der Waals surface area contributed by atoms with Crippen LogP contribution in [0.2, 0.25) is 0 Å². The van der Waals surface area contributed by atoms with Gasteiger partial charge >= 0.3 is 0 Å². The van der Waals surface area contributed by atoms with Crippen molar-refractivity contribution >= 4 is 17.6 Å². The van der Waals surface area contributed by atoms with Crippen molar-refractivity contribution in [1.29, 1.82) is 5.41 Å². The topological polar surface area (TPSA) is 75.7 Å². The second kappa shape index (κ2) is 3.96. The molecule has 76 valence electrons. The standard InChI is InChI=1S/C9H14N4S/c1-9(2,3)14-8-6(7(10)11)12-4-5-13-8/h4-5H,1-3H3,(H3,10,11). The summed E-state index contributed by atoms with van der Waals surface area (Å²) in [4.78, 5) is 8.19. The molecule has 0 saturated heterocycles. The molecule has 0 aromatic carbocycles. The van der Waals surface area contributed by atoms with E-state index in [2.05, 4.69) is 30.7 Å². The van der Waals surface area contributed by atoms with Crippen molar-refractivity contribution < 1.29 is 0 Å². The fourth-order valence-electron chi connectivity index (χ4n) is 0.875. The van der Waals surface area contributed by atoms with Crippen LogP contribution in [0.5, 0.6) is 0 Å². The zero-order valence-electron chi connectivity index (χ0n) is 8.53. The molecule has 0 fully saturated rings. The summed E-state index contributed by atoms with van der Waals surface area (Å²) in [6, 6.07) is 0. The van der Waals surface area contributed by atoms with Crippen LogP contribution in [0.4, 0.5) is 0 Å². The van der Waals surface area contributed by atoms with Crippen LogP contribution in [0, 0.1) is 5.41 Å². The van der Waals surface area contributed by atoms with E-state index >= 15 is 0 Å². The van der Waals surface area contributed by atoms with Crippen LogP contribution in [0.1, 0.15) is 26.5 Å². The van der Waals surface area contributed by atoms with Gasteiger partial charge in [-0.25, -0.2) is 9.97 Å². The Morgan fingerprint density at radius 1 is 1.36 bits per heavy atom. The summed E-state index contributed by atoms with van der Waals surface area (Å²) in [6.45, 7) is 6.24. The number of amidine groups is 1. The SMILES string of the molecule is CC(C)(C)Sc1nccnc1C(=N)N. The zero-order chi connectivity index (χ0) is 10.8. The van der Waals surface area contributed by atoms with Crippen molar-refractivity contribution in [2.24, 2.45) is 5.73 Å². The summed E-state index contributed by atoms with van der Waals surface area (Å²) in [5.41, 5.74) is 5.87. The molecule has 0 spiro atoms.